The second-order valence-corrected chi connectivity index (χ2v) is 11.2. The minimum absolute atomic E-state index is 0. The van der Waals surface area contributed by atoms with Crippen LogP contribution in [-0.2, 0) is 42.1 Å². The molecule has 6 nitrogen and oxygen atoms in total. The number of rotatable bonds is 8. The number of aromatic nitrogens is 2. The van der Waals surface area contributed by atoms with E-state index >= 15 is 0 Å². The quantitative estimate of drug-likeness (QED) is 0.0867. The van der Waals surface area contributed by atoms with Crippen LogP contribution in [0, 0.1) is 42.8 Å². The first-order valence-corrected chi connectivity index (χ1v) is 16.0. The van der Waals surface area contributed by atoms with Gasteiger partial charge in [0.05, 0.1) is 0 Å². The Morgan fingerprint density at radius 1 is 0.679 bits per heavy atom. The summed E-state index contributed by atoms with van der Waals surface area (Å²) in [5, 5.41) is 0. The maximum absolute atomic E-state index is 6.57. The van der Waals surface area contributed by atoms with Crippen LogP contribution in [0.25, 0.3) is 33.5 Å². The van der Waals surface area contributed by atoms with Crippen molar-refractivity contribution in [3.05, 3.63) is 189 Å². The van der Waals surface area contributed by atoms with Gasteiger partial charge in [0.2, 0.25) is 6.20 Å². The van der Waals surface area contributed by atoms with E-state index in [9.17, 15) is 0 Å². The van der Waals surface area contributed by atoms with Crippen molar-refractivity contribution in [1.82, 2.24) is 9.55 Å². The van der Waals surface area contributed by atoms with Crippen molar-refractivity contribution in [3.63, 3.8) is 0 Å². The molecule has 258 valence electrons. The molecule has 0 radical (unpaired) electrons. The summed E-state index contributed by atoms with van der Waals surface area (Å²) < 4.78 is 17.6. The van der Waals surface area contributed by atoms with Crippen LogP contribution in [0.4, 0.5) is 5.69 Å². The molecule has 8 heteroatoms. The standard InChI is InChI=1S/C39H24N3O2.C6H4N.2Pt/c1-41-20-21-42(28-41)34-13-9-17-37(27-34)44-36-16-8-12-31(23-36)39-26-30(18-19-40-39)33-22-32(29-10-4-2-5-11-29)24-38(25-33)43-35-14-6-3-7-15-35;1-2-7-5-3-4-6-7;;/h2-14,16-17,19-22,24,26H,1H3;3-6H;;/q-3;-1;+2;+4. The average Bonchev–Trinajstić information content (AvgIpc) is 3.88. The van der Waals surface area contributed by atoms with Gasteiger partial charge in [-0.05, 0) is 17.7 Å². The van der Waals surface area contributed by atoms with Crippen LogP contribution < -0.4 is 9.47 Å². The first-order chi connectivity index (χ1) is 25.1. The zero-order valence-electron chi connectivity index (χ0n) is 28.2. The molecule has 2 aromatic heterocycles. The number of para-hydroxylation sites is 1. The summed E-state index contributed by atoms with van der Waals surface area (Å²) in [5.74, 6) is 2.34. The van der Waals surface area contributed by atoms with Crippen LogP contribution in [0.2, 0.25) is 0 Å². The molecule has 5 aromatic carbocycles. The second-order valence-electron chi connectivity index (χ2n) is 11.2. The topological polar surface area (TPSA) is 42.3 Å². The third-order valence-electron chi connectivity index (χ3n) is 7.56. The molecule has 1 aliphatic heterocycles. The van der Waals surface area contributed by atoms with Gasteiger partial charge in [-0.1, -0.05) is 75.6 Å². The van der Waals surface area contributed by atoms with Crippen molar-refractivity contribution in [2.45, 2.75) is 0 Å². The van der Waals surface area contributed by atoms with Crippen LogP contribution in [0.3, 0.4) is 0 Å². The Labute approximate surface area is 338 Å². The molecule has 0 amide bonds. The largest absolute Gasteiger partial charge is 4.00 e. The zero-order valence-corrected chi connectivity index (χ0v) is 32.7. The van der Waals surface area contributed by atoms with E-state index in [1.54, 1.807) is 23.2 Å². The zero-order chi connectivity index (χ0) is 34.8. The second kappa shape index (κ2) is 18.6. The van der Waals surface area contributed by atoms with Crippen molar-refractivity contribution in [1.29, 1.82) is 0 Å². The van der Waals surface area contributed by atoms with E-state index in [0.717, 1.165) is 39.2 Å². The Morgan fingerprint density at radius 2 is 1.40 bits per heavy atom. The molecule has 0 saturated heterocycles. The van der Waals surface area contributed by atoms with Crippen molar-refractivity contribution in [2.24, 2.45) is 0 Å². The summed E-state index contributed by atoms with van der Waals surface area (Å²) in [4.78, 5) is 4.60. The summed E-state index contributed by atoms with van der Waals surface area (Å²) in [7, 11) is 1.92. The fourth-order valence-electron chi connectivity index (χ4n) is 5.15. The first-order valence-electron chi connectivity index (χ1n) is 16.0. The smallest absolute Gasteiger partial charge is 0.669 e. The van der Waals surface area contributed by atoms with Gasteiger partial charge in [0.15, 0.2) is 7.05 Å². The van der Waals surface area contributed by atoms with Gasteiger partial charge in [-0.2, -0.15) is 36.4 Å². The molecule has 3 heterocycles. The van der Waals surface area contributed by atoms with Gasteiger partial charge in [0.25, 0.3) is 6.20 Å². The number of ether oxygens (including phenoxy) is 2. The predicted octanol–water partition coefficient (Wildman–Crippen LogP) is 9.49. The van der Waals surface area contributed by atoms with Crippen LogP contribution in [0.15, 0.2) is 152 Å². The van der Waals surface area contributed by atoms with E-state index in [1.807, 2.05) is 132 Å². The normalized spacial score (nSPS) is 11.0. The molecular weight excluding hydrogens is 1020 g/mol. The Balaban J connectivity index is 0.000000542. The maximum atomic E-state index is 6.57. The van der Waals surface area contributed by atoms with Gasteiger partial charge in [0, 0.05) is 35.4 Å². The van der Waals surface area contributed by atoms with E-state index in [1.165, 1.54) is 0 Å². The van der Waals surface area contributed by atoms with Crippen molar-refractivity contribution in [2.75, 3.05) is 7.05 Å². The molecule has 7 aromatic rings. The first kappa shape index (κ1) is 38.4. The molecule has 0 unspecified atom stereocenters. The molecule has 0 saturated carbocycles. The summed E-state index contributed by atoms with van der Waals surface area (Å²) in [6, 6.07) is 60.7. The van der Waals surface area contributed by atoms with Crippen molar-refractivity contribution in [3.8, 4) is 62.6 Å². The third kappa shape index (κ3) is 10.2. The number of hydrogen-bond donors (Lipinski definition) is 0. The van der Waals surface area contributed by atoms with E-state index in [-0.39, 0.29) is 42.1 Å². The SMILES string of the molecule is C[N+]1=C=[N+](c2[c-]c(Oc3[c-]c(-c4cc(-c5[c-]c(Oc6[c-]cccc6)cc(-c6ccccc6)c5)[c-]cn4)ccc3)ccc2)C=C1.[C-]#Cn1cccc1.[Pt+2].[Pt+4]. The summed E-state index contributed by atoms with van der Waals surface area (Å²) >= 11 is 0. The Bertz CT molecular complexity index is 2430. The molecule has 8 rings (SSSR count). The minimum Gasteiger partial charge on any atom is -0.669 e. The number of hydrogen-bond acceptors (Lipinski definition) is 3. The Hall–Kier alpha value is -5.81. The number of nitrogens with zero attached hydrogens (tertiary/aromatic N) is 4. The van der Waals surface area contributed by atoms with Gasteiger partial charge in [0.1, 0.15) is 5.69 Å². The fraction of sp³-hybridized carbons (Fsp3) is 0.0222. The van der Waals surface area contributed by atoms with E-state index in [4.69, 9.17) is 15.9 Å². The van der Waals surface area contributed by atoms with Crippen LogP contribution >= 0.6 is 0 Å². The van der Waals surface area contributed by atoms with Crippen LogP contribution in [0.5, 0.6) is 23.0 Å². The number of pyridine rings is 1. The molecule has 1 aliphatic rings. The molecule has 53 heavy (non-hydrogen) atoms. The molecule has 0 bridgehead atoms. The van der Waals surface area contributed by atoms with Gasteiger partial charge >= 0.3 is 48.1 Å². The van der Waals surface area contributed by atoms with Crippen LogP contribution in [0.1, 0.15) is 0 Å². The fourth-order valence-corrected chi connectivity index (χ4v) is 5.15. The van der Waals surface area contributed by atoms with E-state index in [2.05, 4.69) is 65.6 Å². The molecule has 0 N–H and O–H groups in total. The molecule has 0 fully saturated rings. The third-order valence-corrected chi connectivity index (χ3v) is 7.56. The Kier molecular flexibility index (Phi) is 13.5. The average molecular weight is 1050 g/mol. The predicted molar refractivity (Wildman–Crippen MR) is 195 cm³/mol. The maximum Gasteiger partial charge on any atom is 4.00 e. The molecular formula is C45H28N4O2Pt2+2. The van der Waals surface area contributed by atoms with Gasteiger partial charge in [-0.15, -0.1) is 47.5 Å². The summed E-state index contributed by atoms with van der Waals surface area (Å²) in [5.41, 5.74) is 6.07. The Morgan fingerprint density at radius 3 is 2.11 bits per heavy atom. The van der Waals surface area contributed by atoms with E-state index in [0.29, 0.717) is 23.0 Å². The van der Waals surface area contributed by atoms with Crippen molar-refractivity contribution >= 4 is 11.7 Å². The minimum atomic E-state index is 0. The van der Waals surface area contributed by atoms with Gasteiger partial charge < -0.3 is 25.4 Å². The monoisotopic (exact) mass is 1050 g/mol. The molecule has 0 aliphatic carbocycles. The van der Waals surface area contributed by atoms with Gasteiger partial charge in [-0.25, -0.2) is 18.2 Å². The van der Waals surface area contributed by atoms with Crippen LogP contribution in [-0.4, -0.2) is 31.8 Å². The number of benzene rings is 5. The summed E-state index contributed by atoms with van der Waals surface area (Å²) in [6.07, 6.45) is 15.6. The van der Waals surface area contributed by atoms with Crippen molar-refractivity contribution < 1.29 is 60.8 Å². The molecule has 0 atom stereocenters. The summed E-state index contributed by atoms with van der Waals surface area (Å²) in [6.45, 7) is 0. The van der Waals surface area contributed by atoms with Gasteiger partial charge in [-0.3, -0.25) is 11.1 Å². The van der Waals surface area contributed by atoms with E-state index < -0.39 is 0 Å². The molecule has 0 spiro atoms.